The van der Waals surface area contributed by atoms with E-state index in [0.717, 1.165) is 24.7 Å². The Balaban J connectivity index is 1.98. The number of hydrogen-bond donors (Lipinski definition) is 1. The highest BCUT2D eigenvalue weighted by Crippen LogP contribution is 2.46. The molecular formula is C13H18N2. The molecule has 2 fully saturated rings. The molecule has 2 aliphatic carbocycles. The van der Waals surface area contributed by atoms with Crippen LogP contribution in [-0.4, -0.2) is 12.1 Å². The first kappa shape index (κ1) is 10.5. The lowest BCUT2D eigenvalue weighted by molar-refractivity contribution is 0.216. The summed E-state index contributed by atoms with van der Waals surface area (Å²) in [6.07, 6.45) is 12.5. The molecule has 0 spiro atoms. The molecular weight excluding hydrogens is 184 g/mol. The fourth-order valence-electron chi connectivity index (χ4n) is 2.81. The van der Waals surface area contributed by atoms with Crippen molar-refractivity contribution in [2.45, 2.75) is 44.1 Å². The first-order chi connectivity index (χ1) is 7.29. The minimum atomic E-state index is -0.322. The summed E-state index contributed by atoms with van der Waals surface area (Å²) < 4.78 is 0. The molecule has 2 unspecified atom stereocenters. The normalized spacial score (nSPS) is 35.5. The zero-order valence-corrected chi connectivity index (χ0v) is 9.13. The minimum Gasteiger partial charge on any atom is -0.288 e. The summed E-state index contributed by atoms with van der Waals surface area (Å²) in [6, 6.07) is 2.46. The molecule has 2 nitrogen and oxygen atoms in total. The fraction of sp³-hybridized carbons (Fsp3) is 0.769. The van der Waals surface area contributed by atoms with Gasteiger partial charge in [0.25, 0.3) is 0 Å². The summed E-state index contributed by atoms with van der Waals surface area (Å²) in [4.78, 5) is 0. The third kappa shape index (κ3) is 2.33. The lowest BCUT2D eigenvalue weighted by Gasteiger charge is -2.36. The predicted molar refractivity (Wildman–Crippen MR) is 59.9 cm³/mol. The number of terminal acetylenes is 1. The molecule has 0 radical (unpaired) electrons. The van der Waals surface area contributed by atoms with E-state index in [1.54, 1.807) is 0 Å². The molecule has 0 aromatic carbocycles. The van der Waals surface area contributed by atoms with Crippen LogP contribution in [-0.2, 0) is 0 Å². The Morgan fingerprint density at radius 1 is 1.33 bits per heavy atom. The molecule has 0 bridgehead atoms. The van der Waals surface area contributed by atoms with E-state index in [0.29, 0.717) is 6.54 Å². The number of nitrogens with one attached hydrogen (secondary N) is 1. The van der Waals surface area contributed by atoms with Gasteiger partial charge in [-0.1, -0.05) is 12.3 Å². The number of rotatable bonds is 3. The Kier molecular flexibility index (Phi) is 2.98. The van der Waals surface area contributed by atoms with E-state index in [-0.39, 0.29) is 5.54 Å². The van der Waals surface area contributed by atoms with E-state index < -0.39 is 0 Å². The van der Waals surface area contributed by atoms with Crippen LogP contribution in [0.2, 0.25) is 0 Å². The van der Waals surface area contributed by atoms with Crippen LogP contribution in [0.1, 0.15) is 38.5 Å². The molecule has 2 aliphatic rings. The fourth-order valence-corrected chi connectivity index (χ4v) is 2.81. The van der Waals surface area contributed by atoms with Gasteiger partial charge in [0.1, 0.15) is 5.54 Å². The quantitative estimate of drug-likeness (QED) is 0.711. The molecule has 0 saturated heterocycles. The van der Waals surface area contributed by atoms with Crippen molar-refractivity contribution in [1.29, 1.82) is 5.26 Å². The molecule has 2 rings (SSSR count). The van der Waals surface area contributed by atoms with Crippen LogP contribution in [0.4, 0.5) is 0 Å². The highest BCUT2D eigenvalue weighted by molar-refractivity contribution is 5.12. The van der Waals surface area contributed by atoms with E-state index in [2.05, 4.69) is 17.3 Å². The van der Waals surface area contributed by atoms with E-state index >= 15 is 0 Å². The summed E-state index contributed by atoms with van der Waals surface area (Å²) in [5, 5.41) is 12.6. The Labute approximate surface area is 92.0 Å². The maximum absolute atomic E-state index is 9.31. The maximum atomic E-state index is 9.31. The van der Waals surface area contributed by atoms with Crippen molar-refractivity contribution in [3.8, 4) is 18.4 Å². The van der Waals surface area contributed by atoms with Crippen molar-refractivity contribution in [3.05, 3.63) is 0 Å². The predicted octanol–water partition coefficient (Wildman–Crippen LogP) is 2.07. The van der Waals surface area contributed by atoms with Gasteiger partial charge in [0, 0.05) is 0 Å². The van der Waals surface area contributed by atoms with Gasteiger partial charge in [0.15, 0.2) is 0 Å². The van der Waals surface area contributed by atoms with Crippen molar-refractivity contribution >= 4 is 0 Å². The van der Waals surface area contributed by atoms with Gasteiger partial charge < -0.3 is 0 Å². The third-order valence-corrected chi connectivity index (χ3v) is 3.82. The van der Waals surface area contributed by atoms with Crippen LogP contribution in [0.25, 0.3) is 0 Å². The van der Waals surface area contributed by atoms with E-state index in [1.165, 1.54) is 25.7 Å². The lowest BCUT2D eigenvalue weighted by Crippen LogP contribution is -2.48. The van der Waals surface area contributed by atoms with Gasteiger partial charge in [0.2, 0.25) is 0 Å². The number of nitriles is 1. The van der Waals surface area contributed by atoms with Crippen LogP contribution in [0.3, 0.4) is 0 Å². The van der Waals surface area contributed by atoms with Gasteiger partial charge >= 0.3 is 0 Å². The Hall–Kier alpha value is -0.990. The second-order valence-corrected chi connectivity index (χ2v) is 4.95. The molecule has 0 aromatic rings. The topological polar surface area (TPSA) is 35.8 Å². The highest BCUT2D eigenvalue weighted by Gasteiger charge is 2.41. The van der Waals surface area contributed by atoms with Crippen LogP contribution < -0.4 is 5.32 Å². The van der Waals surface area contributed by atoms with Crippen molar-refractivity contribution < 1.29 is 0 Å². The molecule has 2 heteroatoms. The van der Waals surface area contributed by atoms with Crippen LogP contribution in [0.15, 0.2) is 0 Å². The highest BCUT2D eigenvalue weighted by atomic mass is 15.0. The van der Waals surface area contributed by atoms with Crippen molar-refractivity contribution in [2.24, 2.45) is 11.8 Å². The largest absolute Gasteiger partial charge is 0.288 e. The standard InChI is InChI=1S/C13H18N2/c1-2-8-15-13(10-14)7-3-4-12(9-13)11-5-6-11/h1,11-12,15H,3-9H2. The minimum absolute atomic E-state index is 0.322. The SMILES string of the molecule is C#CCNC1(C#N)CCCC(C2CC2)C1. The molecule has 15 heavy (non-hydrogen) atoms. The van der Waals surface area contributed by atoms with Gasteiger partial charge in [-0.15, -0.1) is 6.42 Å². The van der Waals surface area contributed by atoms with E-state index in [4.69, 9.17) is 6.42 Å². The second-order valence-electron chi connectivity index (χ2n) is 4.95. The molecule has 1 N–H and O–H groups in total. The van der Waals surface area contributed by atoms with Gasteiger partial charge in [-0.25, -0.2) is 0 Å². The first-order valence-corrected chi connectivity index (χ1v) is 5.89. The number of nitrogens with zero attached hydrogens (tertiary/aromatic N) is 1. The third-order valence-electron chi connectivity index (χ3n) is 3.82. The second kappa shape index (κ2) is 4.25. The molecule has 0 aromatic heterocycles. The lowest BCUT2D eigenvalue weighted by atomic mass is 9.74. The monoisotopic (exact) mass is 202 g/mol. The zero-order chi connectivity index (χ0) is 10.7. The Morgan fingerprint density at radius 3 is 2.73 bits per heavy atom. The van der Waals surface area contributed by atoms with Crippen LogP contribution in [0.5, 0.6) is 0 Å². The zero-order valence-electron chi connectivity index (χ0n) is 9.13. The van der Waals surface area contributed by atoms with Gasteiger partial charge in [0.05, 0.1) is 12.6 Å². The summed E-state index contributed by atoms with van der Waals surface area (Å²) in [5.41, 5.74) is -0.322. The smallest absolute Gasteiger partial charge is 0.107 e. The number of hydrogen-bond acceptors (Lipinski definition) is 2. The molecule has 0 amide bonds. The molecule has 0 aliphatic heterocycles. The maximum Gasteiger partial charge on any atom is 0.107 e. The van der Waals surface area contributed by atoms with Gasteiger partial charge in [-0.2, -0.15) is 5.26 Å². The Bertz CT molecular complexity index is 305. The molecule has 80 valence electrons. The van der Waals surface area contributed by atoms with E-state index in [1.807, 2.05) is 0 Å². The first-order valence-electron chi connectivity index (χ1n) is 5.89. The summed E-state index contributed by atoms with van der Waals surface area (Å²) in [5.74, 6) is 4.25. The van der Waals surface area contributed by atoms with Gasteiger partial charge in [-0.05, 0) is 43.9 Å². The van der Waals surface area contributed by atoms with Crippen LogP contribution in [0, 0.1) is 35.5 Å². The van der Waals surface area contributed by atoms with Crippen molar-refractivity contribution in [2.75, 3.05) is 6.54 Å². The van der Waals surface area contributed by atoms with E-state index in [9.17, 15) is 5.26 Å². The van der Waals surface area contributed by atoms with Crippen LogP contribution >= 0.6 is 0 Å². The van der Waals surface area contributed by atoms with Crippen molar-refractivity contribution in [1.82, 2.24) is 5.32 Å². The molecule has 2 atom stereocenters. The van der Waals surface area contributed by atoms with Gasteiger partial charge in [-0.3, -0.25) is 5.32 Å². The van der Waals surface area contributed by atoms with Crippen molar-refractivity contribution in [3.63, 3.8) is 0 Å². The average molecular weight is 202 g/mol. The summed E-state index contributed by atoms with van der Waals surface area (Å²) in [6.45, 7) is 0.519. The molecule has 2 saturated carbocycles. The average Bonchev–Trinajstić information content (AvgIpc) is 3.11. The summed E-state index contributed by atoms with van der Waals surface area (Å²) >= 11 is 0. The Morgan fingerprint density at radius 2 is 2.13 bits per heavy atom. The summed E-state index contributed by atoms with van der Waals surface area (Å²) in [7, 11) is 0. The molecule has 0 heterocycles.